The van der Waals surface area contributed by atoms with Crippen molar-refractivity contribution >= 4 is 27.5 Å². The number of aromatic amines is 1. The van der Waals surface area contributed by atoms with Crippen molar-refractivity contribution in [2.75, 3.05) is 5.32 Å². The highest BCUT2D eigenvalue weighted by atomic mass is 79.9. The van der Waals surface area contributed by atoms with Gasteiger partial charge in [0.15, 0.2) is 0 Å². The van der Waals surface area contributed by atoms with Crippen molar-refractivity contribution in [3.05, 3.63) is 96.9 Å². The Labute approximate surface area is 191 Å². The first-order chi connectivity index (χ1) is 14.7. The highest BCUT2D eigenvalue weighted by Crippen LogP contribution is 2.26. The molecule has 0 saturated heterocycles. The number of H-pyrrole nitrogens is 1. The van der Waals surface area contributed by atoms with Crippen LogP contribution in [0.15, 0.2) is 57.8 Å². The van der Waals surface area contributed by atoms with Gasteiger partial charge in [-0.3, -0.25) is 9.59 Å². The molecule has 0 spiro atoms. The maximum atomic E-state index is 13.0. The lowest BCUT2D eigenvalue weighted by atomic mass is 10.00. The van der Waals surface area contributed by atoms with E-state index in [1.54, 1.807) is 6.07 Å². The van der Waals surface area contributed by atoms with Gasteiger partial charge in [0, 0.05) is 39.6 Å². The van der Waals surface area contributed by atoms with Crippen LogP contribution >= 0.6 is 15.9 Å². The number of pyridine rings is 1. The topological polar surface area (TPSA) is 74.0 Å². The first-order valence-electron chi connectivity index (χ1n) is 10.3. The average molecular weight is 482 g/mol. The van der Waals surface area contributed by atoms with Crippen LogP contribution in [0.4, 0.5) is 5.69 Å². The van der Waals surface area contributed by atoms with Crippen molar-refractivity contribution in [3.8, 4) is 0 Å². The summed E-state index contributed by atoms with van der Waals surface area (Å²) in [6.07, 6.45) is 0.634. The third-order valence-electron chi connectivity index (χ3n) is 5.09. The number of anilines is 1. The van der Waals surface area contributed by atoms with Crippen molar-refractivity contribution in [3.63, 3.8) is 0 Å². The molecular weight excluding hydrogens is 454 g/mol. The summed E-state index contributed by atoms with van der Waals surface area (Å²) in [5.41, 5.74) is 5.61. The summed E-state index contributed by atoms with van der Waals surface area (Å²) in [4.78, 5) is 28.5. The molecule has 3 aromatic rings. The summed E-state index contributed by atoms with van der Waals surface area (Å²) in [6, 6.07) is 16.0. The van der Waals surface area contributed by atoms with Crippen molar-refractivity contribution in [1.82, 2.24) is 10.3 Å². The number of benzene rings is 2. The number of rotatable bonds is 7. The van der Waals surface area contributed by atoms with E-state index in [2.05, 4.69) is 45.4 Å². The monoisotopic (exact) mass is 481 g/mol. The average Bonchev–Trinajstić information content (AvgIpc) is 2.70. The molecule has 0 bridgehead atoms. The van der Waals surface area contributed by atoms with Crippen LogP contribution in [0, 0.1) is 13.8 Å². The van der Waals surface area contributed by atoms with Gasteiger partial charge in [0.2, 0.25) is 0 Å². The van der Waals surface area contributed by atoms with Crippen molar-refractivity contribution in [2.24, 2.45) is 0 Å². The Morgan fingerprint density at radius 2 is 1.81 bits per heavy atom. The number of hydrogen-bond acceptors (Lipinski definition) is 3. The lowest BCUT2D eigenvalue weighted by molar-refractivity contribution is 0.0950. The molecule has 0 fully saturated rings. The lowest BCUT2D eigenvalue weighted by Gasteiger charge is -2.17. The molecule has 0 atom stereocenters. The number of carbonyl (C=O) groups is 1. The molecule has 162 valence electrons. The second-order valence-corrected chi connectivity index (χ2v) is 8.97. The van der Waals surface area contributed by atoms with Crippen LogP contribution in [0.5, 0.6) is 0 Å². The van der Waals surface area contributed by atoms with Crippen LogP contribution in [-0.2, 0) is 13.0 Å². The molecular formula is C25H28BrN3O2. The minimum atomic E-state index is -0.212. The fourth-order valence-corrected chi connectivity index (χ4v) is 4.05. The molecule has 1 heterocycles. The fraction of sp³-hybridized carbons (Fsp3) is 0.280. The number of nitrogens with one attached hydrogen (secondary N) is 3. The summed E-state index contributed by atoms with van der Waals surface area (Å²) < 4.78 is 0.823. The van der Waals surface area contributed by atoms with Gasteiger partial charge in [0.25, 0.3) is 11.5 Å². The first-order valence-corrected chi connectivity index (χ1v) is 11.1. The lowest BCUT2D eigenvalue weighted by Crippen LogP contribution is -2.29. The Bertz CT molecular complexity index is 1140. The maximum Gasteiger partial charge on any atom is 0.253 e. The molecule has 3 N–H and O–H groups in total. The van der Waals surface area contributed by atoms with Crippen LogP contribution in [0.1, 0.15) is 52.2 Å². The van der Waals surface area contributed by atoms with E-state index in [1.165, 1.54) is 0 Å². The third kappa shape index (κ3) is 5.85. The predicted molar refractivity (Wildman–Crippen MR) is 130 cm³/mol. The zero-order valence-corrected chi connectivity index (χ0v) is 19.9. The SMILES string of the molecule is Cc1cc(Cc2ccccc2)c(CNC(=O)c2cc(Br)cc(NC(C)C)c2C)c(=O)[nH]1. The van der Waals surface area contributed by atoms with E-state index in [1.807, 2.05) is 56.3 Å². The zero-order valence-electron chi connectivity index (χ0n) is 18.3. The van der Waals surface area contributed by atoms with Gasteiger partial charge in [-0.05, 0) is 69.0 Å². The minimum absolute atomic E-state index is 0.162. The first kappa shape index (κ1) is 22.8. The number of aryl methyl sites for hydroxylation is 1. The van der Waals surface area contributed by atoms with Gasteiger partial charge in [-0.2, -0.15) is 0 Å². The zero-order chi connectivity index (χ0) is 22.5. The van der Waals surface area contributed by atoms with E-state index in [4.69, 9.17) is 0 Å². The van der Waals surface area contributed by atoms with Crippen LogP contribution in [-0.4, -0.2) is 16.9 Å². The van der Waals surface area contributed by atoms with Crippen molar-refractivity contribution < 1.29 is 4.79 Å². The molecule has 0 unspecified atom stereocenters. The van der Waals surface area contributed by atoms with Crippen LogP contribution in [0.2, 0.25) is 0 Å². The molecule has 0 saturated carbocycles. The predicted octanol–water partition coefficient (Wildman–Crippen LogP) is 5.10. The number of amides is 1. The van der Waals surface area contributed by atoms with Gasteiger partial charge in [-0.25, -0.2) is 0 Å². The number of halogens is 1. The Morgan fingerprint density at radius 1 is 1.10 bits per heavy atom. The van der Waals surface area contributed by atoms with E-state index in [-0.39, 0.29) is 24.1 Å². The Hall–Kier alpha value is -2.86. The van der Waals surface area contributed by atoms with E-state index >= 15 is 0 Å². The van der Waals surface area contributed by atoms with Gasteiger partial charge in [-0.1, -0.05) is 46.3 Å². The second kappa shape index (κ2) is 9.96. The van der Waals surface area contributed by atoms with Gasteiger partial charge >= 0.3 is 0 Å². The van der Waals surface area contributed by atoms with Crippen molar-refractivity contribution in [1.29, 1.82) is 0 Å². The van der Waals surface area contributed by atoms with E-state index in [9.17, 15) is 9.59 Å². The van der Waals surface area contributed by atoms with Gasteiger partial charge in [-0.15, -0.1) is 0 Å². The Morgan fingerprint density at radius 3 is 2.48 bits per heavy atom. The molecule has 0 aliphatic rings. The number of hydrogen-bond donors (Lipinski definition) is 3. The molecule has 1 amide bonds. The molecule has 31 heavy (non-hydrogen) atoms. The molecule has 0 aliphatic carbocycles. The minimum Gasteiger partial charge on any atom is -0.383 e. The van der Waals surface area contributed by atoms with Crippen LogP contribution in [0.25, 0.3) is 0 Å². The maximum absolute atomic E-state index is 13.0. The van der Waals surface area contributed by atoms with Gasteiger partial charge in [0.05, 0.1) is 0 Å². The molecule has 6 heteroatoms. The van der Waals surface area contributed by atoms with Crippen molar-refractivity contribution in [2.45, 2.75) is 46.7 Å². The standard InChI is InChI=1S/C25H28BrN3O2/c1-15(2)28-23-13-20(26)12-21(17(23)4)24(30)27-14-22-19(10-16(3)29-25(22)31)11-18-8-6-5-7-9-18/h5-10,12-13,15,28H,11,14H2,1-4H3,(H,27,30)(H,29,31). The Kier molecular flexibility index (Phi) is 7.33. The fourth-order valence-electron chi connectivity index (χ4n) is 3.59. The number of carbonyl (C=O) groups excluding carboxylic acids is 1. The Balaban J connectivity index is 1.85. The summed E-state index contributed by atoms with van der Waals surface area (Å²) in [7, 11) is 0. The quantitative estimate of drug-likeness (QED) is 0.439. The van der Waals surface area contributed by atoms with E-state index < -0.39 is 0 Å². The van der Waals surface area contributed by atoms with Crippen LogP contribution < -0.4 is 16.2 Å². The second-order valence-electron chi connectivity index (χ2n) is 8.06. The summed E-state index contributed by atoms with van der Waals surface area (Å²) in [5, 5.41) is 6.31. The van der Waals surface area contributed by atoms with E-state index in [0.717, 1.165) is 32.5 Å². The highest BCUT2D eigenvalue weighted by molar-refractivity contribution is 9.10. The van der Waals surface area contributed by atoms with Gasteiger partial charge in [0.1, 0.15) is 0 Å². The normalized spacial score (nSPS) is 10.9. The molecule has 2 aromatic carbocycles. The largest absolute Gasteiger partial charge is 0.383 e. The summed E-state index contributed by atoms with van der Waals surface area (Å²) in [5.74, 6) is -0.212. The smallest absolute Gasteiger partial charge is 0.253 e. The molecule has 0 radical (unpaired) electrons. The summed E-state index contributed by atoms with van der Waals surface area (Å²) >= 11 is 3.49. The van der Waals surface area contributed by atoms with E-state index in [0.29, 0.717) is 17.5 Å². The third-order valence-corrected chi connectivity index (χ3v) is 5.55. The number of aromatic nitrogens is 1. The molecule has 3 rings (SSSR count). The molecule has 5 nitrogen and oxygen atoms in total. The van der Waals surface area contributed by atoms with Gasteiger partial charge < -0.3 is 15.6 Å². The van der Waals surface area contributed by atoms with Crippen LogP contribution in [0.3, 0.4) is 0 Å². The highest BCUT2D eigenvalue weighted by Gasteiger charge is 2.16. The molecule has 0 aliphatic heterocycles. The summed E-state index contributed by atoms with van der Waals surface area (Å²) in [6.45, 7) is 8.06. The molecule has 1 aromatic heterocycles.